The van der Waals surface area contributed by atoms with E-state index in [1.165, 1.54) is 5.56 Å². The first-order valence-corrected chi connectivity index (χ1v) is 7.28. The number of carbonyl (C=O) groups is 2. The second-order valence-corrected chi connectivity index (χ2v) is 5.45. The summed E-state index contributed by atoms with van der Waals surface area (Å²) < 4.78 is 0. The van der Waals surface area contributed by atoms with E-state index in [2.05, 4.69) is 10.9 Å². The Morgan fingerprint density at radius 2 is 1.71 bits per heavy atom. The minimum atomic E-state index is -0.694. The fraction of sp³-hybridized carbons (Fsp3) is 0.500. The molecule has 0 aliphatic rings. The van der Waals surface area contributed by atoms with Crippen molar-refractivity contribution in [2.24, 2.45) is 5.92 Å². The Labute approximate surface area is 125 Å². The maximum atomic E-state index is 11.6. The van der Waals surface area contributed by atoms with Gasteiger partial charge in [0, 0.05) is 6.42 Å². The highest BCUT2D eigenvalue weighted by Gasteiger charge is 2.14. The molecule has 0 bridgehead atoms. The van der Waals surface area contributed by atoms with Crippen molar-refractivity contribution in [1.82, 2.24) is 10.9 Å². The zero-order valence-corrected chi connectivity index (χ0v) is 12.6. The van der Waals surface area contributed by atoms with Crippen LogP contribution in [0.2, 0.25) is 0 Å². The van der Waals surface area contributed by atoms with E-state index in [1.54, 1.807) is 0 Å². The van der Waals surface area contributed by atoms with E-state index in [1.807, 2.05) is 44.2 Å². The lowest BCUT2D eigenvalue weighted by Gasteiger charge is -2.14. The van der Waals surface area contributed by atoms with E-state index in [4.69, 9.17) is 0 Å². The Balaban J connectivity index is 2.15. The quantitative estimate of drug-likeness (QED) is 0.667. The van der Waals surface area contributed by atoms with Crippen LogP contribution in [0.5, 0.6) is 0 Å². The number of aliphatic hydroxyl groups excluding tert-OH is 1. The van der Waals surface area contributed by atoms with Gasteiger partial charge in [-0.1, -0.05) is 44.2 Å². The predicted molar refractivity (Wildman–Crippen MR) is 81.1 cm³/mol. The van der Waals surface area contributed by atoms with Crippen LogP contribution in [0.15, 0.2) is 30.3 Å². The first-order valence-electron chi connectivity index (χ1n) is 7.28. The van der Waals surface area contributed by atoms with Gasteiger partial charge in [-0.3, -0.25) is 20.4 Å². The third-order valence-electron chi connectivity index (χ3n) is 3.22. The summed E-state index contributed by atoms with van der Waals surface area (Å²) in [6.45, 7) is 3.67. The first-order chi connectivity index (χ1) is 9.99. The largest absolute Gasteiger partial charge is 0.392 e. The average Bonchev–Trinajstić information content (AvgIpc) is 2.46. The van der Waals surface area contributed by atoms with Crippen molar-refractivity contribution in [3.63, 3.8) is 0 Å². The molecule has 0 saturated carbocycles. The van der Waals surface area contributed by atoms with Crippen molar-refractivity contribution in [3.8, 4) is 0 Å². The van der Waals surface area contributed by atoms with Gasteiger partial charge in [0.2, 0.25) is 11.8 Å². The van der Waals surface area contributed by atoms with Crippen molar-refractivity contribution >= 4 is 11.8 Å². The molecule has 5 heteroatoms. The Bertz CT molecular complexity index is 446. The highest BCUT2D eigenvalue weighted by molar-refractivity contribution is 5.82. The maximum Gasteiger partial charge on any atom is 0.240 e. The fourth-order valence-corrected chi connectivity index (χ4v) is 1.78. The van der Waals surface area contributed by atoms with E-state index in [-0.39, 0.29) is 24.2 Å². The Kier molecular flexibility index (Phi) is 7.46. The van der Waals surface area contributed by atoms with Gasteiger partial charge in [-0.2, -0.15) is 0 Å². The number of nitrogens with one attached hydrogen (secondary N) is 2. The molecule has 2 amide bonds. The molecule has 0 aliphatic heterocycles. The van der Waals surface area contributed by atoms with Crippen LogP contribution in [0.1, 0.15) is 38.7 Å². The lowest BCUT2D eigenvalue weighted by molar-refractivity contribution is -0.130. The second kappa shape index (κ2) is 9.13. The van der Waals surface area contributed by atoms with Gasteiger partial charge in [-0.25, -0.2) is 0 Å². The Morgan fingerprint density at radius 1 is 1.10 bits per heavy atom. The Morgan fingerprint density at radius 3 is 2.33 bits per heavy atom. The van der Waals surface area contributed by atoms with Gasteiger partial charge in [-0.15, -0.1) is 0 Å². The molecule has 0 spiro atoms. The van der Waals surface area contributed by atoms with Gasteiger partial charge in [0.1, 0.15) is 0 Å². The summed E-state index contributed by atoms with van der Waals surface area (Å²) in [6.07, 6.45) is 1.19. The van der Waals surface area contributed by atoms with Crippen molar-refractivity contribution in [3.05, 3.63) is 35.9 Å². The molecular formula is C16H24N2O3. The van der Waals surface area contributed by atoms with Crippen molar-refractivity contribution < 1.29 is 14.7 Å². The summed E-state index contributed by atoms with van der Waals surface area (Å²) in [5.74, 6) is -0.594. The SMILES string of the molecule is CC(C)C(O)CC(=O)NNC(=O)CCCc1ccccc1. The molecule has 116 valence electrons. The molecule has 0 radical (unpaired) electrons. The lowest BCUT2D eigenvalue weighted by atomic mass is 10.0. The predicted octanol–water partition coefficient (Wildman–Crippen LogP) is 1.56. The van der Waals surface area contributed by atoms with E-state index in [0.717, 1.165) is 12.8 Å². The summed E-state index contributed by atoms with van der Waals surface area (Å²) in [5, 5.41) is 9.56. The number of hydrogen-bond donors (Lipinski definition) is 3. The van der Waals surface area contributed by atoms with Gasteiger partial charge in [-0.05, 0) is 24.3 Å². The molecule has 1 aromatic carbocycles. The molecule has 3 N–H and O–H groups in total. The van der Waals surface area contributed by atoms with Crippen LogP contribution >= 0.6 is 0 Å². The molecule has 1 atom stereocenters. The van der Waals surface area contributed by atoms with Crippen LogP contribution in [0.25, 0.3) is 0 Å². The molecule has 0 aliphatic carbocycles. The molecule has 0 aromatic heterocycles. The molecule has 1 aromatic rings. The smallest absolute Gasteiger partial charge is 0.240 e. The minimum absolute atomic E-state index is 0.0114. The second-order valence-electron chi connectivity index (χ2n) is 5.45. The van der Waals surface area contributed by atoms with Crippen LogP contribution in [0, 0.1) is 5.92 Å². The number of hydrazine groups is 1. The maximum absolute atomic E-state index is 11.6. The van der Waals surface area contributed by atoms with Gasteiger partial charge < -0.3 is 5.11 Å². The third kappa shape index (κ3) is 7.46. The minimum Gasteiger partial charge on any atom is -0.392 e. The normalized spacial score (nSPS) is 12.0. The summed E-state index contributed by atoms with van der Waals surface area (Å²) in [7, 11) is 0. The van der Waals surface area contributed by atoms with Crippen LogP contribution in [-0.4, -0.2) is 23.0 Å². The fourth-order valence-electron chi connectivity index (χ4n) is 1.78. The first kappa shape index (κ1) is 17.2. The number of carbonyl (C=O) groups excluding carboxylic acids is 2. The topological polar surface area (TPSA) is 78.4 Å². The zero-order valence-electron chi connectivity index (χ0n) is 12.6. The Hall–Kier alpha value is -1.88. The van der Waals surface area contributed by atoms with Crippen molar-refractivity contribution in [2.75, 3.05) is 0 Å². The van der Waals surface area contributed by atoms with Crippen molar-refractivity contribution in [2.45, 2.75) is 45.6 Å². The number of benzene rings is 1. The lowest BCUT2D eigenvalue weighted by Crippen LogP contribution is -2.43. The van der Waals surface area contributed by atoms with Gasteiger partial charge >= 0.3 is 0 Å². The van der Waals surface area contributed by atoms with Gasteiger partial charge in [0.05, 0.1) is 12.5 Å². The molecule has 0 saturated heterocycles. The van der Waals surface area contributed by atoms with Gasteiger partial charge in [0.25, 0.3) is 0 Å². The number of rotatable bonds is 7. The number of amides is 2. The molecule has 0 fully saturated rings. The summed E-state index contributed by atoms with van der Waals surface area (Å²) in [4.78, 5) is 23.0. The molecule has 21 heavy (non-hydrogen) atoms. The summed E-state index contributed by atoms with van der Waals surface area (Å²) in [5.41, 5.74) is 5.87. The number of aliphatic hydroxyl groups is 1. The standard InChI is InChI=1S/C16H24N2O3/c1-12(2)14(19)11-16(21)18-17-15(20)10-6-9-13-7-4-3-5-8-13/h3-5,7-8,12,14,19H,6,9-11H2,1-2H3,(H,17,20)(H,18,21). The molecule has 5 nitrogen and oxygen atoms in total. The third-order valence-corrected chi connectivity index (χ3v) is 3.22. The van der Waals surface area contributed by atoms with E-state index < -0.39 is 6.10 Å². The number of aryl methyl sites for hydroxylation is 1. The van der Waals surface area contributed by atoms with Crippen molar-refractivity contribution in [1.29, 1.82) is 0 Å². The summed E-state index contributed by atoms with van der Waals surface area (Å²) >= 11 is 0. The van der Waals surface area contributed by atoms with Crippen LogP contribution in [-0.2, 0) is 16.0 Å². The monoisotopic (exact) mass is 292 g/mol. The van der Waals surface area contributed by atoms with E-state index in [9.17, 15) is 14.7 Å². The van der Waals surface area contributed by atoms with Gasteiger partial charge in [0.15, 0.2) is 0 Å². The molecular weight excluding hydrogens is 268 g/mol. The zero-order chi connectivity index (χ0) is 15.7. The van der Waals surface area contributed by atoms with Crippen LogP contribution in [0.4, 0.5) is 0 Å². The van der Waals surface area contributed by atoms with E-state index in [0.29, 0.717) is 6.42 Å². The van der Waals surface area contributed by atoms with E-state index >= 15 is 0 Å². The molecule has 1 unspecified atom stereocenters. The molecule has 0 heterocycles. The average molecular weight is 292 g/mol. The molecule has 1 rings (SSSR count). The van der Waals surface area contributed by atoms with Crippen LogP contribution < -0.4 is 10.9 Å². The summed E-state index contributed by atoms with van der Waals surface area (Å²) in [6, 6.07) is 9.93. The highest BCUT2D eigenvalue weighted by Crippen LogP contribution is 2.05. The number of hydrogen-bond acceptors (Lipinski definition) is 3. The van der Waals surface area contributed by atoms with Crippen LogP contribution in [0.3, 0.4) is 0 Å². The highest BCUT2D eigenvalue weighted by atomic mass is 16.3.